The van der Waals surface area contributed by atoms with Crippen molar-refractivity contribution in [2.45, 2.75) is 38.0 Å². The van der Waals surface area contributed by atoms with Crippen molar-refractivity contribution in [2.24, 2.45) is 0 Å². The summed E-state index contributed by atoms with van der Waals surface area (Å²) in [6.45, 7) is 0. The summed E-state index contributed by atoms with van der Waals surface area (Å²) < 4.78 is 2.29. The fourth-order valence-corrected chi connectivity index (χ4v) is 8.87. The van der Waals surface area contributed by atoms with Gasteiger partial charge in [-0.05, 0) is 116 Å². The van der Waals surface area contributed by atoms with Crippen molar-refractivity contribution < 1.29 is 0 Å². The molecule has 1 aliphatic rings. The van der Waals surface area contributed by atoms with E-state index in [1.807, 2.05) is 0 Å². The lowest BCUT2D eigenvalue weighted by Gasteiger charge is -2.23. The molecule has 0 amide bonds. The van der Waals surface area contributed by atoms with Gasteiger partial charge in [0, 0.05) is 11.3 Å². The van der Waals surface area contributed by atoms with Crippen LogP contribution in [0, 0.1) is 0 Å². The van der Waals surface area contributed by atoms with Crippen LogP contribution in [-0.4, -0.2) is 9.55 Å². The van der Waals surface area contributed by atoms with Crippen LogP contribution in [0.25, 0.3) is 83.0 Å². The fourth-order valence-electron chi connectivity index (χ4n) is 8.87. The zero-order valence-corrected chi connectivity index (χ0v) is 29.8. The summed E-state index contributed by atoms with van der Waals surface area (Å²) in [4.78, 5) is 5.23. The average molecular weight is 681 g/mol. The molecular formula is C51H40N2. The number of para-hydroxylation sites is 3. The molecule has 0 unspecified atom stereocenters. The summed E-state index contributed by atoms with van der Waals surface area (Å²) in [6, 6.07) is 64.4. The molecule has 9 aromatic rings. The lowest BCUT2D eigenvalue weighted by molar-refractivity contribution is 0.444. The minimum Gasteiger partial charge on any atom is -0.292 e. The highest BCUT2D eigenvalue weighted by molar-refractivity contribution is 6.22. The molecule has 2 nitrogen and oxygen atoms in total. The fraction of sp³-hybridized carbons (Fsp3) is 0.118. The highest BCUT2D eigenvalue weighted by atomic mass is 15.1. The van der Waals surface area contributed by atoms with E-state index in [2.05, 4.69) is 180 Å². The van der Waals surface area contributed by atoms with E-state index in [9.17, 15) is 0 Å². The van der Waals surface area contributed by atoms with Crippen LogP contribution in [0.5, 0.6) is 0 Å². The Morgan fingerprint density at radius 1 is 0.415 bits per heavy atom. The van der Waals surface area contributed by atoms with Crippen molar-refractivity contribution in [1.82, 2.24) is 9.55 Å². The summed E-state index contributed by atoms with van der Waals surface area (Å²) in [5.41, 5.74) is 13.3. The first-order valence-corrected chi connectivity index (χ1v) is 19.1. The van der Waals surface area contributed by atoms with Gasteiger partial charge < -0.3 is 0 Å². The monoisotopic (exact) mass is 680 g/mol. The summed E-state index contributed by atoms with van der Waals surface area (Å²) in [5.74, 6) is 1.58. The minimum atomic E-state index is 0.642. The second-order valence-electron chi connectivity index (χ2n) is 14.6. The number of hydrogen-bond donors (Lipinski definition) is 0. The lowest BCUT2D eigenvalue weighted by atomic mass is 9.81. The van der Waals surface area contributed by atoms with Gasteiger partial charge in [0.1, 0.15) is 5.82 Å². The van der Waals surface area contributed by atoms with E-state index in [0.29, 0.717) is 5.92 Å². The van der Waals surface area contributed by atoms with Crippen LogP contribution in [0.2, 0.25) is 0 Å². The maximum atomic E-state index is 5.23. The van der Waals surface area contributed by atoms with Crippen molar-refractivity contribution in [3.8, 4) is 50.5 Å². The zero-order valence-electron chi connectivity index (χ0n) is 29.8. The van der Waals surface area contributed by atoms with E-state index in [-0.39, 0.29) is 0 Å². The molecule has 1 aromatic heterocycles. The molecule has 1 aliphatic carbocycles. The van der Waals surface area contributed by atoms with Gasteiger partial charge in [-0.15, -0.1) is 0 Å². The minimum absolute atomic E-state index is 0.642. The summed E-state index contributed by atoms with van der Waals surface area (Å²) in [5, 5.41) is 5.08. The summed E-state index contributed by atoms with van der Waals surface area (Å²) >= 11 is 0. The highest BCUT2D eigenvalue weighted by Crippen LogP contribution is 2.46. The van der Waals surface area contributed by atoms with Crippen LogP contribution >= 0.6 is 0 Å². The number of rotatable bonds is 6. The molecule has 1 fully saturated rings. The van der Waals surface area contributed by atoms with Crippen LogP contribution < -0.4 is 0 Å². The maximum Gasteiger partial charge on any atom is 0.145 e. The molecule has 0 saturated heterocycles. The molecule has 0 atom stereocenters. The first-order chi connectivity index (χ1) is 26.3. The third-order valence-electron chi connectivity index (χ3n) is 11.4. The molecule has 254 valence electrons. The van der Waals surface area contributed by atoms with Crippen LogP contribution in [0.15, 0.2) is 176 Å². The van der Waals surface area contributed by atoms with Crippen LogP contribution in [0.3, 0.4) is 0 Å². The van der Waals surface area contributed by atoms with Crippen molar-refractivity contribution in [3.05, 3.63) is 181 Å². The van der Waals surface area contributed by atoms with Crippen molar-refractivity contribution in [1.29, 1.82) is 0 Å². The van der Waals surface area contributed by atoms with Gasteiger partial charge in [-0.3, -0.25) is 4.57 Å². The molecule has 10 rings (SSSR count). The normalized spacial score (nSPS) is 13.6. The smallest absolute Gasteiger partial charge is 0.145 e. The number of benzene rings is 8. The maximum absolute atomic E-state index is 5.23. The SMILES string of the molecule is c1ccc(-c2ccc3c(-c4cccc(-c5nc6ccccc6n5-c5ccccc5)c4)c4ccccc4c(-c4cccc(C5CCCCC5)c4)c3c2)cc1. The molecule has 0 spiro atoms. The average Bonchev–Trinajstić information content (AvgIpc) is 3.63. The van der Waals surface area contributed by atoms with E-state index >= 15 is 0 Å². The van der Waals surface area contributed by atoms with Crippen molar-refractivity contribution in [2.75, 3.05) is 0 Å². The topological polar surface area (TPSA) is 17.8 Å². The van der Waals surface area contributed by atoms with Crippen LogP contribution in [-0.2, 0) is 0 Å². The first-order valence-electron chi connectivity index (χ1n) is 19.1. The Kier molecular flexibility index (Phi) is 7.95. The van der Waals surface area contributed by atoms with Gasteiger partial charge in [-0.2, -0.15) is 0 Å². The Balaban J connectivity index is 1.23. The van der Waals surface area contributed by atoms with Gasteiger partial charge in [-0.1, -0.05) is 159 Å². The molecule has 0 aliphatic heterocycles. The van der Waals surface area contributed by atoms with Gasteiger partial charge in [0.05, 0.1) is 11.0 Å². The zero-order chi connectivity index (χ0) is 35.1. The third-order valence-corrected chi connectivity index (χ3v) is 11.4. The second-order valence-corrected chi connectivity index (χ2v) is 14.6. The number of aromatic nitrogens is 2. The molecule has 0 radical (unpaired) electrons. The molecule has 0 N–H and O–H groups in total. The summed E-state index contributed by atoms with van der Waals surface area (Å²) in [6.07, 6.45) is 6.60. The molecule has 0 bridgehead atoms. The molecule has 1 saturated carbocycles. The van der Waals surface area contributed by atoms with E-state index in [1.165, 1.54) is 92.6 Å². The Hall–Kier alpha value is -6.25. The Morgan fingerprint density at radius 2 is 1.02 bits per heavy atom. The quantitative estimate of drug-likeness (QED) is 0.160. The van der Waals surface area contributed by atoms with Crippen LogP contribution in [0.4, 0.5) is 0 Å². The van der Waals surface area contributed by atoms with Gasteiger partial charge >= 0.3 is 0 Å². The van der Waals surface area contributed by atoms with Gasteiger partial charge in [0.2, 0.25) is 0 Å². The number of hydrogen-bond acceptors (Lipinski definition) is 1. The van der Waals surface area contributed by atoms with Gasteiger partial charge in [0.15, 0.2) is 0 Å². The number of fused-ring (bicyclic) bond motifs is 3. The van der Waals surface area contributed by atoms with E-state index in [1.54, 1.807) is 0 Å². The molecule has 8 aromatic carbocycles. The number of imidazole rings is 1. The van der Waals surface area contributed by atoms with E-state index in [0.717, 1.165) is 28.1 Å². The van der Waals surface area contributed by atoms with Gasteiger partial charge in [0.25, 0.3) is 0 Å². The van der Waals surface area contributed by atoms with Crippen LogP contribution in [0.1, 0.15) is 43.6 Å². The Bertz CT molecular complexity index is 2750. The molecular weight excluding hydrogens is 641 g/mol. The first kappa shape index (κ1) is 31.5. The lowest BCUT2D eigenvalue weighted by Crippen LogP contribution is -2.04. The predicted molar refractivity (Wildman–Crippen MR) is 224 cm³/mol. The van der Waals surface area contributed by atoms with Crippen molar-refractivity contribution in [3.63, 3.8) is 0 Å². The Labute approximate surface area is 311 Å². The van der Waals surface area contributed by atoms with E-state index in [4.69, 9.17) is 4.98 Å². The standard InChI is InChI=1S/C51H40N2/c1-4-16-35(17-5-1)37-20-14-21-39(32-37)50-44-27-11-10-26-43(44)49(45-31-30-38(34-46(45)50)36-18-6-2-7-19-36)40-22-15-23-41(33-40)51-52-47-28-12-13-29-48(47)53(51)42-24-8-3-9-25-42/h2-3,6-15,18-35H,1,4-5,16-17H2. The molecule has 53 heavy (non-hydrogen) atoms. The Morgan fingerprint density at radius 3 is 1.81 bits per heavy atom. The highest BCUT2D eigenvalue weighted by Gasteiger charge is 2.21. The molecule has 2 heteroatoms. The third kappa shape index (κ3) is 5.63. The number of nitrogens with zero attached hydrogens (tertiary/aromatic N) is 2. The second kappa shape index (κ2) is 13.4. The summed E-state index contributed by atoms with van der Waals surface area (Å²) in [7, 11) is 0. The largest absolute Gasteiger partial charge is 0.292 e. The molecule has 1 heterocycles. The van der Waals surface area contributed by atoms with Gasteiger partial charge in [-0.25, -0.2) is 4.98 Å². The van der Waals surface area contributed by atoms with E-state index < -0.39 is 0 Å². The van der Waals surface area contributed by atoms with Crippen molar-refractivity contribution >= 4 is 32.6 Å². The predicted octanol–water partition coefficient (Wildman–Crippen LogP) is 14.0.